The van der Waals surface area contributed by atoms with Gasteiger partial charge in [-0.25, -0.2) is 30.0 Å². The number of aryl methyl sites for hydroxylation is 2. The average molecular weight is 352 g/mol. The maximum atomic E-state index is 10.00. The number of carbonyl (C=O) groups excluding carboxylic acids is 4. The van der Waals surface area contributed by atoms with Gasteiger partial charge >= 0.3 is 0 Å². The molecule has 2 rings (SSSR count). The van der Waals surface area contributed by atoms with Crippen molar-refractivity contribution in [2.75, 3.05) is 0 Å². The lowest BCUT2D eigenvalue weighted by Crippen LogP contribution is -1.73. The molecule has 0 aliphatic carbocycles. The summed E-state index contributed by atoms with van der Waals surface area (Å²) < 4.78 is 0. The Morgan fingerprint density at radius 2 is 1.27 bits per heavy atom. The van der Waals surface area contributed by atoms with Gasteiger partial charge in [-0.1, -0.05) is 42.0 Å². The van der Waals surface area contributed by atoms with E-state index in [4.69, 9.17) is 20.4 Å². The van der Waals surface area contributed by atoms with Crippen LogP contribution in [0.2, 0.25) is 0 Å². The first-order chi connectivity index (χ1) is 12.5. The van der Waals surface area contributed by atoms with Crippen LogP contribution in [0.25, 0.3) is 0 Å². The van der Waals surface area contributed by atoms with E-state index in [0.29, 0.717) is 11.4 Å². The van der Waals surface area contributed by atoms with E-state index in [2.05, 4.69) is 29.0 Å². The Kier molecular flexibility index (Phi) is 16.1. The predicted octanol–water partition coefficient (Wildman–Crippen LogP) is 3.73. The maximum absolute atomic E-state index is 10.00. The van der Waals surface area contributed by atoms with Crippen LogP contribution in [0.4, 0.5) is 11.4 Å². The van der Waals surface area contributed by atoms with Crippen molar-refractivity contribution >= 4 is 35.7 Å². The number of benzene rings is 2. The Labute approximate surface area is 150 Å². The van der Waals surface area contributed by atoms with E-state index in [1.165, 1.54) is 23.8 Å². The highest BCUT2D eigenvalue weighted by Gasteiger charge is 1.97. The molecular weight excluding hydrogens is 336 g/mol. The molecule has 0 radical (unpaired) electrons. The third-order valence-electron chi connectivity index (χ3n) is 2.47. The summed E-state index contributed by atoms with van der Waals surface area (Å²) in [6.45, 7) is 3.88. The minimum Gasteiger partial charge on any atom is -0.222 e. The maximum Gasteiger partial charge on any atom is 0.240 e. The zero-order valence-electron chi connectivity index (χ0n) is 14.1. The van der Waals surface area contributed by atoms with E-state index >= 15 is 0 Å². The standard InChI is InChI=1S/C9H6N2O2.C7H8.2CHNO/c1-7-2-3-8(10-5-12)4-9(7)11-6-13;1-7-5-3-2-4-6-7;2*2-1-3/h2-4H,1H3;2-6H,1H3;2*2H. The molecule has 0 saturated carbocycles. The van der Waals surface area contributed by atoms with Crippen molar-refractivity contribution in [3.05, 3.63) is 59.7 Å². The van der Waals surface area contributed by atoms with Crippen molar-refractivity contribution in [3.8, 4) is 0 Å². The minimum absolute atomic E-state index is 0.426. The number of nitrogens with one attached hydrogen (secondary N) is 2. The summed E-state index contributed by atoms with van der Waals surface area (Å²) in [4.78, 5) is 43.5. The van der Waals surface area contributed by atoms with Gasteiger partial charge in [-0.05, 0) is 31.5 Å². The highest BCUT2D eigenvalue weighted by molar-refractivity contribution is 5.61. The molecule has 0 spiro atoms. The monoisotopic (exact) mass is 352 g/mol. The Hall–Kier alpha value is -4.04. The largest absolute Gasteiger partial charge is 0.240 e. The minimum atomic E-state index is 0.426. The van der Waals surface area contributed by atoms with Gasteiger partial charge in [-0.15, -0.1) is 0 Å². The van der Waals surface area contributed by atoms with Crippen molar-refractivity contribution in [1.82, 2.24) is 0 Å². The zero-order chi connectivity index (χ0) is 20.2. The number of hydrogen-bond acceptors (Lipinski definition) is 8. The van der Waals surface area contributed by atoms with Gasteiger partial charge in [0, 0.05) is 0 Å². The molecule has 0 amide bonds. The summed E-state index contributed by atoms with van der Waals surface area (Å²) in [5.41, 5.74) is 3.04. The molecule has 0 atom stereocenters. The van der Waals surface area contributed by atoms with Gasteiger partial charge in [-0.2, -0.15) is 9.98 Å². The van der Waals surface area contributed by atoms with Crippen LogP contribution in [0, 0.1) is 24.7 Å². The molecule has 132 valence electrons. The number of aliphatic imine (C=N–C) groups is 2. The van der Waals surface area contributed by atoms with Crippen LogP contribution in [0.5, 0.6) is 0 Å². The highest BCUT2D eigenvalue weighted by Crippen LogP contribution is 2.23. The molecule has 0 heterocycles. The Bertz CT molecular complexity index is 814. The van der Waals surface area contributed by atoms with E-state index in [-0.39, 0.29) is 0 Å². The van der Waals surface area contributed by atoms with Crippen molar-refractivity contribution in [2.45, 2.75) is 13.8 Å². The van der Waals surface area contributed by atoms with Crippen molar-refractivity contribution in [1.29, 1.82) is 10.8 Å². The van der Waals surface area contributed by atoms with E-state index in [9.17, 15) is 9.59 Å². The Balaban J connectivity index is 0. The van der Waals surface area contributed by atoms with Crippen molar-refractivity contribution in [2.24, 2.45) is 9.98 Å². The predicted molar refractivity (Wildman–Crippen MR) is 94.7 cm³/mol. The van der Waals surface area contributed by atoms with E-state index in [0.717, 1.165) is 17.7 Å². The third kappa shape index (κ3) is 13.6. The fraction of sp³-hybridized carbons (Fsp3) is 0.111. The lowest BCUT2D eigenvalue weighted by molar-refractivity contribution is 0.562. The first-order valence-corrected chi connectivity index (χ1v) is 6.86. The quantitative estimate of drug-likeness (QED) is 0.627. The zero-order valence-corrected chi connectivity index (χ0v) is 14.1. The lowest BCUT2D eigenvalue weighted by Gasteiger charge is -1.97. The molecule has 26 heavy (non-hydrogen) atoms. The van der Waals surface area contributed by atoms with E-state index in [1.807, 2.05) is 18.2 Å². The summed E-state index contributed by atoms with van der Waals surface area (Å²) in [6.07, 6.45) is 4.34. The number of isocyanates is 4. The average Bonchev–Trinajstić information content (AvgIpc) is 2.61. The fourth-order valence-electron chi connectivity index (χ4n) is 1.42. The normalized spacial score (nSPS) is 7.15. The number of hydrogen-bond donors (Lipinski definition) is 2. The van der Waals surface area contributed by atoms with Gasteiger partial charge in [0.25, 0.3) is 0 Å². The van der Waals surface area contributed by atoms with Crippen molar-refractivity contribution < 1.29 is 19.2 Å². The van der Waals surface area contributed by atoms with Crippen LogP contribution in [-0.4, -0.2) is 24.3 Å². The molecule has 0 unspecified atom stereocenters. The van der Waals surface area contributed by atoms with E-state index < -0.39 is 0 Å². The summed E-state index contributed by atoms with van der Waals surface area (Å²) in [5, 5.41) is 10.8. The summed E-state index contributed by atoms with van der Waals surface area (Å²) in [6, 6.07) is 15.1. The Morgan fingerprint density at radius 1 is 0.769 bits per heavy atom. The lowest BCUT2D eigenvalue weighted by atomic mass is 10.2. The SMILES string of the molecule is Cc1ccc(N=C=O)cc1N=C=O.Cc1ccccc1.N=C=O.N=C=O. The molecule has 0 aliphatic rings. The molecule has 0 bridgehead atoms. The van der Waals surface area contributed by atoms with Gasteiger partial charge in [0.2, 0.25) is 24.3 Å². The smallest absolute Gasteiger partial charge is 0.222 e. The summed E-state index contributed by atoms with van der Waals surface area (Å²) in [7, 11) is 0. The molecule has 2 aromatic carbocycles. The molecule has 2 N–H and O–H groups in total. The molecule has 8 heteroatoms. The third-order valence-corrected chi connectivity index (χ3v) is 2.47. The fourth-order valence-corrected chi connectivity index (χ4v) is 1.42. The van der Waals surface area contributed by atoms with Gasteiger partial charge in [0.05, 0.1) is 11.4 Å². The molecule has 0 fully saturated rings. The van der Waals surface area contributed by atoms with Crippen LogP contribution >= 0.6 is 0 Å². The molecule has 0 aliphatic heterocycles. The topological polar surface area (TPSA) is 141 Å². The number of rotatable bonds is 2. The summed E-state index contributed by atoms with van der Waals surface area (Å²) >= 11 is 0. The Morgan fingerprint density at radius 3 is 1.65 bits per heavy atom. The second-order valence-corrected chi connectivity index (χ2v) is 4.24. The van der Waals surface area contributed by atoms with Gasteiger partial charge in [0.15, 0.2) is 0 Å². The first kappa shape index (κ1) is 24.2. The van der Waals surface area contributed by atoms with Gasteiger partial charge in [-0.3, -0.25) is 0 Å². The highest BCUT2D eigenvalue weighted by atomic mass is 16.1. The summed E-state index contributed by atoms with van der Waals surface area (Å²) in [5.74, 6) is 0. The van der Waals surface area contributed by atoms with E-state index in [1.54, 1.807) is 19.1 Å². The molecule has 0 saturated heterocycles. The first-order valence-electron chi connectivity index (χ1n) is 6.86. The molecular formula is C18H16N4O4. The van der Waals surface area contributed by atoms with Crippen LogP contribution in [0.3, 0.4) is 0 Å². The van der Waals surface area contributed by atoms with Gasteiger partial charge < -0.3 is 0 Å². The van der Waals surface area contributed by atoms with Crippen molar-refractivity contribution in [3.63, 3.8) is 0 Å². The van der Waals surface area contributed by atoms with Crippen LogP contribution in [0.15, 0.2) is 58.5 Å². The molecule has 0 aromatic heterocycles. The number of nitrogens with zero attached hydrogens (tertiary/aromatic N) is 2. The second kappa shape index (κ2) is 17.3. The van der Waals surface area contributed by atoms with Crippen LogP contribution in [0.1, 0.15) is 11.1 Å². The van der Waals surface area contributed by atoms with Crippen LogP contribution in [-0.2, 0) is 19.2 Å². The molecule has 8 nitrogen and oxygen atoms in total. The van der Waals surface area contributed by atoms with Gasteiger partial charge in [0.1, 0.15) is 0 Å². The van der Waals surface area contributed by atoms with Crippen LogP contribution < -0.4 is 0 Å². The second-order valence-electron chi connectivity index (χ2n) is 4.24. The molecule has 2 aromatic rings.